The number of aromatic hydroxyl groups is 1. The maximum atomic E-state index is 13.2. The van der Waals surface area contributed by atoms with E-state index in [1.165, 1.54) is 13.0 Å². The maximum Gasteiger partial charge on any atom is 0.420 e. The van der Waals surface area contributed by atoms with E-state index >= 15 is 0 Å². The van der Waals surface area contributed by atoms with Crippen molar-refractivity contribution in [3.8, 4) is 16.9 Å². The Balaban J connectivity index is 2.45. The Morgan fingerprint density at radius 1 is 1.13 bits per heavy atom. The first kappa shape index (κ1) is 16.9. The van der Waals surface area contributed by atoms with Gasteiger partial charge in [0.2, 0.25) is 0 Å². The molecule has 2 rings (SSSR count). The summed E-state index contributed by atoms with van der Waals surface area (Å²) in [5, 5.41) is 9.85. The highest BCUT2D eigenvalue weighted by molar-refractivity contribution is 5.68. The second kappa shape index (κ2) is 6.73. The van der Waals surface area contributed by atoms with Crippen LogP contribution in [0.1, 0.15) is 18.1 Å². The van der Waals surface area contributed by atoms with Crippen LogP contribution in [0.25, 0.3) is 11.1 Å². The van der Waals surface area contributed by atoms with E-state index in [0.29, 0.717) is 11.1 Å². The van der Waals surface area contributed by atoms with Crippen molar-refractivity contribution in [2.75, 3.05) is 6.61 Å². The van der Waals surface area contributed by atoms with Gasteiger partial charge in [0.25, 0.3) is 0 Å². The molecule has 0 aromatic heterocycles. The first-order valence-corrected chi connectivity index (χ1v) is 6.91. The van der Waals surface area contributed by atoms with Crippen molar-refractivity contribution in [2.45, 2.75) is 19.5 Å². The molecule has 122 valence electrons. The minimum Gasteiger partial charge on any atom is -0.507 e. The third-order valence-corrected chi connectivity index (χ3v) is 3.27. The number of carbonyl (C=O) groups excluding carboxylic acids is 1. The standard InChI is InChI=1S/C17H15F3O3/c1-11(21)23-8-7-13-9-14(12-5-3-2-4-6-12)10-15(22)16(13)17(18,19)20/h2-6,9-10,22H,7-8H2,1H3. The molecule has 0 heterocycles. The lowest BCUT2D eigenvalue weighted by Crippen LogP contribution is -2.12. The van der Waals surface area contributed by atoms with Gasteiger partial charge in [-0.2, -0.15) is 13.2 Å². The second-order valence-corrected chi connectivity index (χ2v) is 4.98. The molecule has 0 aliphatic heterocycles. The fourth-order valence-electron chi connectivity index (χ4n) is 2.31. The molecule has 0 saturated heterocycles. The topological polar surface area (TPSA) is 46.5 Å². The molecule has 6 heteroatoms. The fraction of sp³-hybridized carbons (Fsp3) is 0.235. The van der Waals surface area contributed by atoms with Crippen LogP contribution in [0.15, 0.2) is 42.5 Å². The highest BCUT2D eigenvalue weighted by Gasteiger charge is 2.36. The van der Waals surface area contributed by atoms with Gasteiger partial charge in [-0.3, -0.25) is 4.79 Å². The zero-order valence-electron chi connectivity index (χ0n) is 12.4. The van der Waals surface area contributed by atoms with Gasteiger partial charge in [-0.05, 0) is 22.8 Å². The summed E-state index contributed by atoms with van der Waals surface area (Å²) in [5.41, 5.74) is -0.0545. The van der Waals surface area contributed by atoms with Gasteiger partial charge in [-0.25, -0.2) is 0 Å². The summed E-state index contributed by atoms with van der Waals surface area (Å²) in [6.07, 6.45) is -4.83. The molecule has 2 aromatic rings. The van der Waals surface area contributed by atoms with E-state index in [0.717, 1.165) is 6.07 Å². The van der Waals surface area contributed by atoms with Crippen molar-refractivity contribution in [3.05, 3.63) is 53.6 Å². The average Bonchev–Trinajstić information content (AvgIpc) is 2.46. The molecule has 0 unspecified atom stereocenters. The molecular formula is C17H15F3O3. The Hall–Kier alpha value is -2.50. The summed E-state index contributed by atoms with van der Waals surface area (Å²) in [5.74, 6) is -1.40. The molecule has 0 aliphatic rings. The van der Waals surface area contributed by atoms with E-state index in [1.54, 1.807) is 30.3 Å². The van der Waals surface area contributed by atoms with Gasteiger partial charge in [0.1, 0.15) is 11.3 Å². The lowest BCUT2D eigenvalue weighted by atomic mass is 9.96. The van der Waals surface area contributed by atoms with Crippen molar-refractivity contribution >= 4 is 5.97 Å². The first-order valence-electron chi connectivity index (χ1n) is 6.91. The molecule has 23 heavy (non-hydrogen) atoms. The van der Waals surface area contributed by atoms with Crippen LogP contribution in [0.5, 0.6) is 5.75 Å². The summed E-state index contributed by atoms with van der Waals surface area (Å²) in [6.45, 7) is 0.999. The largest absolute Gasteiger partial charge is 0.507 e. The molecule has 0 bridgehead atoms. The number of ether oxygens (including phenoxy) is 1. The van der Waals surface area contributed by atoms with Crippen molar-refractivity contribution in [1.82, 2.24) is 0 Å². The van der Waals surface area contributed by atoms with Gasteiger partial charge < -0.3 is 9.84 Å². The van der Waals surface area contributed by atoms with Crippen LogP contribution >= 0.6 is 0 Å². The lowest BCUT2D eigenvalue weighted by Gasteiger charge is -2.16. The van der Waals surface area contributed by atoms with E-state index in [-0.39, 0.29) is 18.6 Å². The Labute approximate surface area is 131 Å². The number of phenols is 1. The van der Waals surface area contributed by atoms with Gasteiger partial charge in [0.05, 0.1) is 6.61 Å². The fourth-order valence-corrected chi connectivity index (χ4v) is 2.31. The molecule has 1 N–H and O–H groups in total. The maximum absolute atomic E-state index is 13.2. The van der Waals surface area contributed by atoms with Crippen LogP contribution in [0.4, 0.5) is 13.2 Å². The van der Waals surface area contributed by atoms with Gasteiger partial charge in [0, 0.05) is 13.3 Å². The van der Waals surface area contributed by atoms with Crippen LogP contribution in [-0.2, 0) is 22.1 Å². The van der Waals surface area contributed by atoms with E-state index in [2.05, 4.69) is 0 Å². The molecule has 0 atom stereocenters. The minimum absolute atomic E-state index is 0.113. The Bertz CT molecular complexity index is 694. The number of phenolic OH excluding ortho intramolecular Hbond substituents is 1. The summed E-state index contributed by atoms with van der Waals surface area (Å²) in [6, 6.07) is 11.2. The van der Waals surface area contributed by atoms with E-state index < -0.39 is 23.5 Å². The minimum atomic E-state index is -4.69. The molecular weight excluding hydrogens is 309 g/mol. The van der Waals surface area contributed by atoms with Crippen LogP contribution in [0.2, 0.25) is 0 Å². The monoisotopic (exact) mass is 324 g/mol. The van der Waals surface area contributed by atoms with Crippen molar-refractivity contribution in [1.29, 1.82) is 0 Å². The van der Waals surface area contributed by atoms with Gasteiger partial charge in [-0.1, -0.05) is 36.4 Å². The molecule has 0 aliphatic carbocycles. The zero-order valence-corrected chi connectivity index (χ0v) is 12.4. The number of hydrogen-bond acceptors (Lipinski definition) is 3. The number of alkyl halides is 3. The predicted molar refractivity (Wildman–Crippen MR) is 78.9 cm³/mol. The van der Waals surface area contributed by atoms with Gasteiger partial charge >= 0.3 is 12.1 Å². The summed E-state index contributed by atoms with van der Waals surface area (Å²) in [7, 11) is 0. The SMILES string of the molecule is CC(=O)OCCc1cc(-c2ccccc2)cc(O)c1C(F)(F)F. The highest BCUT2D eigenvalue weighted by atomic mass is 19.4. The lowest BCUT2D eigenvalue weighted by molar-refractivity contribution is -0.141. The van der Waals surface area contributed by atoms with E-state index in [1.807, 2.05) is 0 Å². The second-order valence-electron chi connectivity index (χ2n) is 4.98. The summed E-state index contributed by atoms with van der Waals surface area (Å²) >= 11 is 0. The number of esters is 1. The first-order chi connectivity index (χ1) is 10.8. The predicted octanol–water partition coefficient (Wildman–Crippen LogP) is 4.18. The Kier molecular flexibility index (Phi) is 4.93. The van der Waals surface area contributed by atoms with Crippen LogP contribution in [0, 0.1) is 0 Å². The summed E-state index contributed by atoms with van der Waals surface area (Å²) < 4.78 is 44.2. The number of carbonyl (C=O) groups is 1. The van der Waals surface area contributed by atoms with Gasteiger partial charge in [-0.15, -0.1) is 0 Å². The number of halogens is 3. The Morgan fingerprint density at radius 3 is 2.35 bits per heavy atom. The molecule has 0 fully saturated rings. The normalized spacial score (nSPS) is 11.3. The summed E-state index contributed by atoms with van der Waals surface area (Å²) in [4.78, 5) is 10.8. The third-order valence-electron chi connectivity index (χ3n) is 3.27. The van der Waals surface area contributed by atoms with E-state index in [4.69, 9.17) is 4.74 Å². The smallest absolute Gasteiger partial charge is 0.420 e. The van der Waals surface area contributed by atoms with E-state index in [9.17, 15) is 23.1 Å². The van der Waals surface area contributed by atoms with Crippen molar-refractivity contribution in [2.24, 2.45) is 0 Å². The van der Waals surface area contributed by atoms with Gasteiger partial charge in [0.15, 0.2) is 0 Å². The zero-order chi connectivity index (χ0) is 17.0. The molecule has 0 saturated carbocycles. The molecule has 3 nitrogen and oxygen atoms in total. The van der Waals surface area contributed by atoms with Crippen LogP contribution in [0.3, 0.4) is 0 Å². The molecule has 0 radical (unpaired) electrons. The number of hydrogen-bond donors (Lipinski definition) is 1. The molecule has 2 aromatic carbocycles. The number of rotatable bonds is 4. The Morgan fingerprint density at radius 2 is 1.78 bits per heavy atom. The van der Waals surface area contributed by atoms with Crippen LogP contribution < -0.4 is 0 Å². The van der Waals surface area contributed by atoms with Crippen LogP contribution in [-0.4, -0.2) is 17.7 Å². The average molecular weight is 324 g/mol. The molecule has 0 spiro atoms. The number of benzene rings is 2. The highest BCUT2D eigenvalue weighted by Crippen LogP contribution is 2.41. The van der Waals surface area contributed by atoms with Crippen molar-refractivity contribution in [3.63, 3.8) is 0 Å². The third kappa shape index (κ3) is 4.25. The quantitative estimate of drug-likeness (QED) is 0.858. The molecule has 0 amide bonds. The van der Waals surface area contributed by atoms with Crippen molar-refractivity contribution < 1.29 is 27.8 Å².